The monoisotopic (exact) mass is 346 g/mol. The van der Waals surface area contributed by atoms with Crippen LogP contribution in [0.25, 0.3) is 11.1 Å². The number of pyridine rings is 1. The Bertz CT molecular complexity index is 1030. The van der Waals surface area contributed by atoms with Gasteiger partial charge in [-0.3, -0.25) is 4.79 Å². The van der Waals surface area contributed by atoms with Gasteiger partial charge in [0.25, 0.3) is 0 Å². The first-order chi connectivity index (χ1) is 12.6. The zero-order valence-electron chi connectivity index (χ0n) is 13.7. The Morgan fingerprint density at radius 3 is 2.73 bits per heavy atom. The molecule has 6 heteroatoms. The fourth-order valence-corrected chi connectivity index (χ4v) is 3.16. The van der Waals surface area contributed by atoms with Gasteiger partial charge in [-0.25, -0.2) is 0 Å². The molecule has 26 heavy (non-hydrogen) atoms. The van der Waals surface area contributed by atoms with E-state index < -0.39 is 10.7 Å². The van der Waals surface area contributed by atoms with E-state index in [9.17, 15) is 14.9 Å². The van der Waals surface area contributed by atoms with E-state index in [0.717, 1.165) is 17.5 Å². The van der Waals surface area contributed by atoms with Crippen LogP contribution in [0.1, 0.15) is 21.5 Å². The minimum atomic E-state index is -0.633. The van der Waals surface area contributed by atoms with E-state index in [1.54, 1.807) is 6.07 Å². The molecule has 128 valence electrons. The van der Waals surface area contributed by atoms with Crippen LogP contribution in [-0.4, -0.2) is 22.3 Å². The summed E-state index contributed by atoms with van der Waals surface area (Å²) < 4.78 is 5.35. The first kappa shape index (κ1) is 16.0. The third-order valence-corrected chi connectivity index (χ3v) is 4.40. The first-order valence-corrected chi connectivity index (χ1v) is 8.10. The van der Waals surface area contributed by atoms with Gasteiger partial charge < -0.3 is 14.9 Å². The van der Waals surface area contributed by atoms with Crippen LogP contribution in [0.2, 0.25) is 0 Å². The summed E-state index contributed by atoms with van der Waals surface area (Å²) in [6.45, 7) is -0.285. The number of fused-ring (bicyclic) bond motifs is 3. The molecule has 1 aliphatic carbocycles. The molecule has 0 bridgehead atoms. The fourth-order valence-electron chi connectivity index (χ4n) is 3.16. The van der Waals surface area contributed by atoms with E-state index >= 15 is 0 Å². The maximum Gasteiger partial charge on any atom is 0.406 e. The second kappa shape index (κ2) is 6.40. The number of nitro groups is 1. The Kier molecular flexibility index (Phi) is 3.93. The lowest BCUT2D eigenvalue weighted by Gasteiger charge is -2.07. The molecular formula is C20H14N2O4. The van der Waals surface area contributed by atoms with Crippen molar-refractivity contribution in [2.24, 2.45) is 0 Å². The Morgan fingerprint density at radius 1 is 1.08 bits per heavy atom. The van der Waals surface area contributed by atoms with Crippen LogP contribution in [0.15, 0.2) is 60.8 Å². The number of hydrogen-bond acceptors (Lipinski definition) is 5. The van der Waals surface area contributed by atoms with Crippen molar-refractivity contribution in [1.29, 1.82) is 0 Å². The highest BCUT2D eigenvalue weighted by atomic mass is 16.6. The van der Waals surface area contributed by atoms with Crippen molar-refractivity contribution in [3.63, 3.8) is 0 Å². The first-order valence-electron chi connectivity index (χ1n) is 8.10. The molecule has 0 atom stereocenters. The Balaban J connectivity index is 1.55. The smallest absolute Gasteiger partial charge is 0.406 e. The zero-order chi connectivity index (χ0) is 18.1. The number of hydrogen-bond donors (Lipinski definition) is 0. The number of aromatic nitrogens is 1. The van der Waals surface area contributed by atoms with Crippen LogP contribution in [0.3, 0.4) is 0 Å². The molecule has 6 nitrogen and oxygen atoms in total. The number of benzene rings is 2. The normalized spacial score (nSPS) is 11.5. The largest absolute Gasteiger partial charge is 0.477 e. The van der Waals surface area contributed by atoms with Crippen molar-refractivity contribution >= 4 is 11.6 Å². The molecule has 0 saturated carbocycles. The van der Waals surface area contributed by atoms with Crippen molar-refractivity contribution in [2.45, 2.75) is 6.42 Å². The molecule has 1 aliphatic rings. The number of ether oxygens (including phenoxy) is 1. The van der Waals surface area contributed by atoms with E-state index in [1.165, 1.54) is 29.5 Å². The third kappa shape index (κ3) is 2.82. The summed E-state index contributed by atoms with van der Waals surface area (Å²) in [5.41, 5.74) is 5.15. The quantitative estimate of drug-likeness (QED) is 0.312. The third-order valence-electron chi connectivity index (χ3n) is 4.40. The molecule has 0 N–H and O–H groups in total. The molecular weight excluding hydrogens is 332 g/mol. The second-order valence-corrected chi connectivity index (χ2v) is 6.00. The van der Waals surface area contributed by atoms with Gasteiger partial charge in [-0.2, -0.15) is 0 Å². The predicted octanol–water partition coefficient (Wildman–Crippen LogP) is 3.82. The van der Waals surface area contributed by atoms with Crippen molar-refractivity contribution < 1.29 is 14.5 Å². The summed E-state index contributed by atoms with van der Waals surface area (Å²) in [5, 5.41) is 11.0. The summed E-state index contributed by atoms with van der Waals surface area (Å²) in [5.74, 6) is -0.657. The summed E-state index contributed by atoms with van der Waals surface area (Å²) in [7, 11) is 0. The van der Waals surface area contributed by atoms with Crippen LogP contribution >= 0.6 is 0 Å². The molecule has 0 radical (unpaired) electrons. The van der Waals surface area contributed by atoms with E-state index in [2.05, 4.69) is 11.1 Å². The SMILES string of the molecule is O=C(COc1cccnc1[N+](=O)[O-])c1ccc2c(c1)-c1ccccc1C2. The van der Waals surface area contributed by atoms with Gasteiger partial charge in [0.1, 0.15) is 6.20 Å². The molecule has 2 aromatic carbocycles. The van der Waals surface area contributed by atoms with Crippen LogP contribution in [0.4, 0.5) is 5.82 Å². The highest BCUT2D eigenvalue weighted by molar-refractivity contribution is 5.99. The Morgan fingerprint density at radius 2 is 1.88 bits per heavy atom. The molecule has 1 heterocycles. The number of nitrogens with zero attached hydrogens (tertiary/aromatic N) is 2. The molecule has 0 saturated heterocycles. The van der Waals surface area contributed by atoms with Crippen LogP contribution in [0, 0.1) is 10.1 Å². The van der Waals surface area contributed by atoms with Crippen LogP contribution in [0.5, 0.6) is 5.75 Å². The van der Waals surface area contributed by atoms with E-state index in [-0.39, 0.29) is 18.1 Å². The average Bonchev–Trinajstić information content (AvgIpc) is 3.04. The standard InChI is InChI=1S/C20H14N2O4/c23-18(12-26-19-6-3-9-21-20(19)22(24)25)15-8-7-14-10-13-4-1-2-5-16(13)17(14)11-15/h1-9,11H,10,12H2. The Hall–Kier alpha value is -3.54. The van der Waals surface area contributed by atoms with Gasteiger partial charge in [-0.15, -0.1) is 0 Å². The molecule has 0 aliphatic heterocycles. The number of ketones is 1. The Labute approximate surface area is 149 Å². The van der Waals surface area contributed by atoms with Gasteiger partial charge in [0.2, 0.25) is 5.75 Å². The summed E-state index contributed by atoms with van der Waals surface area (Å²) >= 11 is 0. The van der Waals surface area contributed by atoms with Crippen molar-refractivity contribution in [1.82, 2.24) is 4.98 Å². The van der Waals surface area contributed by atoms with Gasteiger partial charge in [0.15, 0.2) is 12.4 Å². The second-order valence-electron chi connectivity index (χ2n) is 6.00. The minimum Gasteiger partial charge on any atom is -0.477 e. The summed E-state index contributed by atoms with van der Waals surface area (Å²) in [6, 6.07) is 16.7. The molecule has 3 aromatic rings. The van der Waals surface area contributed by atoms with Gasteiger partial charge in [-0.1, -0.05) is 36.4 Å². The lowest BCUT2D eigenvalue weighted by atomic mass is 10.0. The van der Waals surface area contributed by atoms with Gasteiger partial charge in [-0.05, 0) is 56.8 Å². The number of rotatable bonds is 5. The van der Waals surface area contributed by atoms with Gasteiger partial charge in [0, 0.05) is 5.56 Å². The highest BCUT2D eigenvalue weighted by Gasteiger charge is 2.21. The molecule has 1 aromatic heterocycles. The molecule has 0 fully saturated rings. The van der Waals surface area contributed by atoms with E-state index in [1.807, 2.05) is 30.3 Å². The molecule has 0 unspecified atom stereocenters. The molecule has 0 amide bonds. The van der Waals surface area contributed by atoms with Gasteiger partial charge >= 0.3 is 5.82 Å². The van der Waals surface area contributed by atoms with E-state index in [4.69, 9.17) is 4.74 Å². The van der Waals surface area contributed by atoms with Crippen LogP contribution < -0.4 is 4.74 Å². The predicted molar refractivity (Wildman–Crippen MR) is 95.4 cm³/mol. The average molecular weight is 346 g/mol. The highest BCUT2D eigenvalue weighted by Crippen LogP contribution is 2.36. The summed E-state index contributed by atoms with van der Waals surface area (Å²) in [6.07, 6.45) is 2.17. The van der Waals surface area contributed by atoms with E-state index in [0.29, 0.717) is 5.56 Å². The number of carbonyl (C=O) groups excluding carboxylic acids is 1. The minimum absolute atomic E-state index is 0.0163. The maximum absolute atomic E-state index is 12.5. The van der Waals surface area contributed by atoms with Crippen LogP contribution in [-0.2, 0) is 6.42 Å². The topological polar surface area (TPSA) is 82.3 Å². The zero-order valence-corrected chi connectivity index (χ0v) is 13.7. The number of carbonyl (C=O) groups is 1. The maximum atomic E-state index is 12.5. The van der Waals surface area contributed by atoms with Gasteiger partial charge in [0.05, 0.1) is 0 Å². The summed E-state index contributed by atoms with van der Waals surface area (Å²) in [4.78, 5) is 26.5. The lowest BCUT2D eigenvalue weighted by Crippen LogP contribution is -2.12. The van der Waals surface area contributed by atoms with Crippen molar-refractivity contribution in [2.75, 3.05) is 6.61 Å². The number of Topliss-reactive ketones (excluding diaryl/α,β-unsaturated/α-hetero) is 1. The van der Waals surface area contributed by atoms with Crippen molar-refractivity contribution in [3.05, 3.63) is 87.6 Å². The molecule has 0 spiro atoms. The molecule has 4 rings (SSSR count). The van der Waals surface area contributed by atoms with Crippen molar-refractivity contribution in [3.8, 4) is 16.9 Å². The fraction of sp³-hybridized carbons (Fsp3) is 0.100. The lowest BCUT2D eigenvalue weighted by molar-refractivity contribution is -0.390.